The molecule has 1 rings (SSSR count). The summed E-state index contributed by atoms with van der Waals surface area (Å²) >= 11 is 5.73. The van der Waals surface area contributed by atoms with Crippen LogP contribution >= 0.6 is 11.6 Å². The molecule has 5 heteroatoms. The molecule has 1 aromatic rings. The van der Waals surface area contributed by atoms with Gasteiger partial charge in [0, 0.05) is 6.08 Å². The Kier molecular flexibility index (Phi) is 3.68. The first kappa shape index (κ1) is 11.5. The summed E-state index contributed by atoms with van der Waals surface area (Å²) in [5.74, 6) is -1.11. The van der Waals surface area contributed by atoms with Crippen molar-refractivity contribution in [1.82, 2.24) is 0 Å². The minimum Gasteiger partial charge on any atom is -0.466 e. The number of nitrogens with two attached hydrogens (primary N) is 1. The molecule has 0 aliphatic carbocycles. The zero-order chi connectivity index (χ0) is 11.4. The Morgan fingerprint density at radius 2 is 2.27 bits per heavy atom. The Morgan fingerprint density at radius 1 is 1.60 bits per heavy atom. The van der Waals surface area contributed by atoms with Crippen LogP contribution in [0.2, 0.25) is 5.02 Å². The van der Waals surface area contributed by atoms with Gasteiger partial charge in [-0.25, -0.2) is 9.18 Å². The lowest BCUT2D eigenvalue weighted by molar-refractivity contribution is -0.134. The third-order valence-corrected chi connectivity index (χ3v) is 2.04. The van der Waals surface area contributed by atoms with Crippen LogP contribution in [-0.4, -0.2) is 13.1 Å². The highest BCUT2D eigenvalue weighted by atomic mass is 35.5. The number of carbonyl (C=O) groups excluding carboxylic acids is 1. The van der Waals surface area contributed by atoms with Crippen LogP contribution in [0.25, 0.3) is 6.08 Å². The van der Waals surface area contributed by atoms with Gasteiger partial charge in [0.25, 0.3) is 0 Å². The lowest BCUT2D eigenvalue weighted by Gasteiger charge is -2.01. The molecule has 0 unspecified atom stereocenters. The molecule has 0 bridgehead atoms. The Bertz CT molecular complexity index is 418. The summed E-state index contributed by atoms with van der Waals surface area (Å²) in [4.78, 5) is 10.8. The van der Waals surface area contributed by atoms with E-state index < -0.39 is 11.8 Å². The Morgan fingerprint density at radius 3 is 2.87 bits per heavy atom. The second-order valence-corrected chi connectivity index (χ2v) is 3.16. The number of methoxy groups -OCH3 is 1. The average Bonchev–Trinajstić information content (AvgIpc) is 2.21. The van der Waals surface area contributed by atoms with Crippen molar-refractivity contribution < 1.29 is 13.9 Å². The van der Waals surface area contributed by atoms with Crippen LogP contribution < -0.4 is 5.73 Å². The van der Waals surface area contributed by atoms with Gasteiger partial charge in [-0.15, -0.1) is 0 Å². The predicted molar refractivity (Wildman–Crippen MR) is 56.9 cm³/mol. The van der Waals surface area contributed by atoms with Crippen molar-refractivity contribution in [3.63, 3.8) is 0 Å². The van der Waals surface area contributed by atoms with Gasteiger partial charge < -0.3 is 10.5 Å². The number of carbonyl (C=O) groups is 1. The second kappa shape index (κ2) is 4.79. The van der Waals surface area contributed by atoms with Crippen LogP contribution in [0.15, 0.2) is 18.2 Å². The highest BCUT2D eigenvalue weighted by Crippen LogP contribution is 2.23. The predicted octanol–water partition coefficient (Wildman–Crippen LogP) is 2.25. The van der Waals surface area contributed by atoms with E-state index in [9.17, 15) is 9.18 Å². The largest absolute Gasteiger partial charge is 0.466 e. The van der Waals surface area contributed by atoms with E-state index in [1.54, 1.807) is 0 Å². The molecule has 3 nitrogen and oxygen atoms in total. The Balaban J connectivity index is 3.00. The van der Waals surface area contributed by atoms with E-state index in [1.807, 2.05) is 0 Å². The van der Waals surface area contributed by atoms with Crippen LogP contribution in [0, 0.1) is 5.82 Å². The maximum atomic E-state index is 12.9. The van der Waals surface area contributed by atoms with E-state index >= 15 is 0 Å². The summed E-state index contributed by atoms with van der Waals surface area (Å²) in [7, 11) is 1.26. The molecule has 0 saturated heterocycles. The molecular formula is C10H9ClFNO2. The lowest BCUT2D eigenvalue weighted by Crippen LogP contribution is -1.95. The molecule has 0 aromatic heterocycles. The van der Waals surface area contributed by atoms with Crippen molar-refractivity contribution in [3.05, 3.63) is 34.6 Å². The summed E-state index contributed by atoms with van der Waals surface area (Å²) in [6.07, 6.45) is 2.59. The summed E-state index contributed by atoms with van der Waals surface area (Å²) in [6.45, 7) is 0. The first-order valence-corrected chi connectivity index (χ1v) is 4.43. The molecule has 2 N–H and O–H groups in total. The normalized spacial score (nSPS) is 10.6. The van der Waals surface area contributed by atoms with Gasteiger partial charge in [0.2, 0.25) is 0 Å². The van der Waals surface area contributed by atoms with Gasteiger partial charge in [0.15, 0.2) is 0 Å². The van der Waals surface area contributed by atoms with Crippen LogP contribution in [0.1, 0.15) is 5.56 Å². The van der Waals surface area contributed by atoms with Crippen molar-refractivity contribution in [2.45, 2.75) is 0 Å². The molecule has 0 radical (unpaired) electrons. The molecule has 0 spiro atoms. The molecule has 0 saturated carbocycles. The zero-order valence-corrected chi connectivity index (χ0v) is 8.72. The average molecular weight is 230 g/mol. The van der Waals surface area contributed by atoms with Crippen LogP contribution in [0.5, 0.6) is 0 Å². The van der Waals surface area contributed by atoms with E-state index in [-0.39, 0.29) is 10.7 Å². The highest BCUT2D eigenvalue weighted by molar-refractivity contribution is 6.32. The van der Waals surface area contributed by atoms with Crippen LogP contribution in [0.3, 0.4) is 0 Å². The molecule has 0 amide bonds. The number of rotatable bonds is 2. The molecular weight excluding hydrogens is 221 g/mol. The first-order chi connectivity index (χ1) is 7.04. The molecule has 0 fully saturated rings. The Labute approximate surface area is 91.3 Å². The topological polar surface area (TPSA) is 52.3 Å². The number of anilines is 1. The number of halogens is 2. The summed E-state index contributed by atoms with van der Waals surface area (Å²) < 4.78 is 17.3. The molecule has 1 aromatic carbocycles. The highest BCUT2D eigenvalue weighted by Gasteiger charge is 2.04. The number of benzene rings is 1. The van der Waals surface area contributed by atoms with Crippen LogP contribution in [0.4, 0.5) is 10.1 Å². The minimum atomic E-state index is -0.588. The van der Waals surface area contributed by atoms with Crippen LogP contribution in [-0.2, 0) is 9.53 Å². The van der Waals surface area contributed by atoms with E-state index in [2.05, 4.69) is 4.74 Å². The smallest absolute Gasteiger partial charge is 0.330 e. The van der Waals surface area contributed by atoms with E-state index in [1.165, 1.54) is 25.3 Å². The summed E-state index contributed by atoms with van der Waals surface area (Å²) in [5.41, 5.74) is 5.78. The third kappa shape index (κ3) is 2.95. The molecule has 0 aliphatic rings. The summed E-state index contributed by atoms with van der Waals surface area (Å²) in [6, 6.07) is 2.44. The first-order valence-electron chi connectivity index (χ1n) is 4.05. The molecule has 80 valence electrons. The number of nitrogen functional groups attached to an aromatic ring is 1. The summed E-state index contributed by atoms with van der Waals surface area (Å²) in [5, 5.41) is 0.182. The third-order valence-electron chi connectivity index (χ3n) is 1.72. The maximum Gasteiger partial charge on any atom is 0.330 e. The second-order valence-electron chi connectivity index (χ2n) is 2.75. The van der Waals surface area contributed by atoms with Crippen molar-refractivity contribution in [3.8, 4) is 0 Å². The van der Waals surface area contributed by atoms with Gasteiger partial charge in [-0.3, -0.25) is 0 Å². The molecule has 0 heterocycles. The number of hydrogen-bond acceptors (Lipinski definition) is 3. The van der Waals surface area contributed by atoms with Gasteiger partial charge >= 0.3 is 5.97 Å². The maximum absolute atomic E-state index is 12.9. The van der Waals surface area contributed by atoms with Gasteiger partial charge in [0.05, 0.1) is 17.8 Å². The van der Waals surface area contributed by atoms with Gasteiger partial charge in [0.1, 0.15) is 5.82 Å². The van der Waals surface area contributed by atoms with Crippen molar-refractivity contribution in [2.75, 3.05) is 12.8 Å². The van der Waals surface area contributed by atoms with Gasteiger partial charge in [-0.2, -0.15) is 0 Å². The number of hydrogen-bond donors (Lipinski definition) is 1. The van der Waals surface area contributed by atoms with E-state index in [4.69, 9.17) is 17.3 Å². The van der Waals surface area contributed by atoms with Gasteiger partial charge in [-0.05, 0) is 23.8 Å². The number of ether oxygens (including phenoxy) is 1. The fourth-order valence-corrected chi connectivity index (χ4v) is 1.15. The van der Waals surface area contributed by atoms with E-state index in [0.29, 0.717) is 5.56 Å². The quantitative estimate of drug-likeness (QED) is 0.481. The van der Waals surface area contributed by atoms with Crippen molar-refractivity contribution in [1.29, 1.82) is 0 Å². The monoisotopic (exact) mass is 229 g/mol. The fourth-order valence-electron chi connectivity index (χ4n) is 0.937. The minimum absolute atomic E-state index is 0.0242. The number of esters is 1. The van der Waals surface area contributed by atoms with Crippen molar-refractivity contribution in [2.24, 2.45) is 0 Å². The standard InChI is InChI=1S/C10H9ClFNO2/c1-15-10(14)3-2-6-4-9(13)8(12)5-7(6)11/h2-5H,13H2,1H3/b3-2+. The SMILES string of the molecule is COC(=O)/C=C/c1cc(N)c(F)cc1Cl. The Hall–Kier alpha value is -1.55. The molecule has 0 aliphatic heterocycles. The lowest BCUT2D eigenvalue weighted by atomic mass is 10.2. The molecule has 0 atom stereocenters. The van der Waals surface area contributed by atoms with E-state index in [0.717, 1.165) is 6.07 Å². The molecule has 15 heavy (non-hydrogen) atoms. The van der Waals surface area contributed by atoms with Crippen molar-refractivity contribution >= 4 is 29.3 Å². The van der Waals surface area contributed by atoms with Gasteiger partial charge in [-0.1, -0.05) is 11.6 Å². The fraction of sp³-hybridized carbons (Fsp3) is 0.100. The zero-order valence-electron chi connectivity index (χ0n) is 7.96.